The van der Waals surface area contributed by atoms with E-state index in [-0.39, 0.29) is 0 Å². The van der Waals surface area contributed by atoms with Crippen LogP contribution in [-0.2, 0) is 0 Å². The number of allylic oxidation sites excluding steroid dienone is 3. The van der Waals surface area contributed by atoms with Crippen LogP contribution in [0.5, 0.6) is 0 Å². The molecule has 1 atom stereocenters. The summed E-state index contributed by atoms with van der Waals surface area (Å²) in [5.74, 6) is 0.359. The lowest BCUT2D eigenvalue weighted by Crippen LogP contribution is -2.30. The SMILES string of the molecule is CCC1=C(Br)C(N2CCCCC2)=CCC(C)c2c(-c3ccc(-c4ccccc4)nc3)cnn21. The van der Waals surface area contributed by atoms with E-state index >= 15 is 0 Å². The van der Waals surface area contributed by atoms with Gasteiger partial charge in [0.05, 0.1) is 27.8 Å². The molecule has 0 bridgehead atoms. The van der Waals surface area contributed by atoms with Gasteiger partial charge < -0.3 is 4.90 Å². The van der Waals surface area contributed by atoms with Crippen molar-refractivity contribution in [1.82, 2.24) is 19.7 Å². The van der Waals surface area contributed by atoms with Gasteiger partial charge in [0.2, 0.25) is 0 Å². The minimum absolute atomic E-state index is 0.359. The average Bonchev–Trinajstić information content (AvgIpc) is 3.30. The molecule has 1 aromatic carbocycles. The van der Waals surface area contributed by atoms with Gasteiger partial charge in [-0.05, 0) is 54.1 Å². The van der Waals surface area contributed by atoms with E-state index < -0.39 is 0 Å². The summed E-state index contributed by atoms with van der Waals surface area (Å²) in [5.41, 5.74) is 8.27. The molecule has 0 spiro atoms. The molecular weight excluding hydrogens is 472 g/mol. The highest BCUT2D eigenvalue weighted by Crippen LogP contribution is 2.40. The Labute approximate surface area is 205 Å². The van der Waals surface area contributed by atoms with Crippen molar-refractivity contribution in [3.05, 3.63) is 76.8 Å². The van der Waals surface area contributed by atoms with E-state index in [1.165, 1.54) is 46.4 Å². The Morgan fingerprint density at radius 1 is 0.970 bits per heavy atom. The molecule has 2 aromatic heterocycles. The Balaban J connectivity index is 1.54. The van der Waals surface area contributed by atoms with Crippen molar-refractivity contribution >= 4 is 21.6 Å². The number of likely N-dealkylation sites (tertiary alicyclic amines) is 1. The zero-order valence-electron chi connectivity index (χ0n) is 19.5. The van der Waals surface area contributed by atoms with E-state index in [0.717, 1.165) is 42.8 Å². The van der Waals surface area contributed by atoms with Crippen molar-refractivity contribution in [2.75, 3.05) is 13.1 Å². The van der Waals surface area contributed by atoms with Gasteiger partial charge in [0.1, 0.15) is 0 Å². The van der Waals surface area contributed by atoms with Crippen molar-refractivity contribution in [1.29, 1.82) is 0 Å². The number of rotatable bonds is 4. The van der Waals surface area contributed by atoms with Crippen molar-refractivity contribution in [3.8, 4) is 22.4 Å². The Bertz CT molecular complexity index is 1170. The first-order valence-corrected chi connectivity index (χ1v) is 12.9. The Morgan fingerprint density at radius 2 is 1.76 bits per heavy atom. The van der Waals surface area contributed by atoms with Gasteiger partial charge in [-0.2, -0.15) is 5.10 Å². The normalized spacial score (nSPS) is 19.1. The summed E-state index contributed by atoms with van der Waals surface area (Å²) in [4.78, 5) is 7.32. The first-order chi connectivity index (χ1) is 16.2. The maximum Gasteiger partial charge on any atom is 0.0702 e. The fourth-order valence-corrected chi connectivity index (χ4v) is 5.90. The van der Waals surface area contributed by atoms with Gasteiger partial charge in [0.25, 0.3) is 0 Å². The number of benzene rings is 1. The van der Waals surface area contributed by atoms with Crippen molar-refractivity contribution in [3.63, 3.8) is 0 Å². The molecule has 0 amide bonds. The smallest absolute Gasteiger partial charge is 0.0702 e. The van der Waals surface area contributed by atoms with Crippen molar-refractivity contribution in [2.24, 2.45) is 0 Å². The van der Waals surface area contributed by atoms with Crippen LogP contribution in [0, 0.1) is 0 Å². The minimum atomic E-state index is 0.359. The van der Waals surface area contributed by atoms with E-state index in [0.29, 0.717) is 5.92 Å². The van der Waals surface area contributed by atoms with Crippen LogP contribution in [0.1, 0.15) is 57.6 Å². The van der Waals surface area contributed by atoms with Gasteiger partial charge in [0, 0.05) is 47.6 Å². The standard InChI is InChI=1S/C28H31BrN4/c1-3-25-27(29)26(32-16-8-5-9-17-32)15-12-20(2)28-23(19-31-33(25)28)22-13-14-24(30-18-22)21-10-6-4-7-11-21/h4,6-7,10-11,13-15,18-20H,3,5,8-9,12,16-17H2,1-2H3. The van der Waals surface area contributed by atoms with Crippen molar-refractivity contribution < 1.29 is 0 Å². The lowest BCUT2D eigenvalue weighted by atomic mass is 9.94. The summed E-state index contributed by atoms with van der Waals surface area (Å²) < 4.78 is 3.37. The third-order valence-electron chi connectivity index (χ3n) is 6.85. The van der Waals surface area contributed by atoms with Crippen molar-refractivity contribution in [2.45, 2.75) is 51.9 Å². The minimum Gasteiger partial charge on any atom is -0.371 e. The van der Waals surface area contributed by atoms with E-state index in [2.05, 4.69) is 81.8 Å². The monoisotopic (exact) mass is 502 g/mol. The highest BCUT2D eigenvalue weighted by molar-refractivity contribution is 9.12. The number of pyridine rings is 1. The number of hydrogen-bond acceptors (Lipinski definition) is 3. The first kappa shape index (κ1) is 22.1. The largest absolute Gasteiger partial charge is 0.371 e. The summed E-state index contributed by atoms with van der Waals surface area (Å²) in [7, 11) is 0. The van der Waals surface area contributed by atoms with Gasteiger partial charge in [0.15, 0.2) is 0 Å². The molecule has 33 heavy (non-hydrogen) atoms. The third kappa shape index (κ3) is 4.31. The van der Waals surface area contributed by atoms with E-state index in [4.69, 9.17) is 10.1 Å². The molecule has 0 aliphatic carbocycles. The second-order valence-corrected chi connectivity index (χ2v) is 9.83. The molecule has 3 aromatic rings. The molecule has 5 rings (SSSR count). The molecule has 1 fully saturated rings. The van der Waals surface area contributed by atoms with Gasteiger partial charge in [-0.15, -0.1) is 0 Å². The van der Waals surface area contributed by atoms with Crippen LogP contribution in [0.4, 0.5) is 0 Å². The fourth-order valence-electron chi connectivity index (χ4n) is 5.04. The predicted octanol–water partition coefficient (Wildman–Crippen LogP) is 7.46. The summed E-state index contributed by atoms with van der Waals surface area (Å²) >= 11 is 3.99. The number of hydrogen-bond donors (Lipinski definition) is 0. The van der Waals surface area contributed by atoms with E-state index in [1.54, 1.807) is 0 Å². The number of nitrogens with zero attached hydrogens (tertiary/aromatic N) is 4. The predicted molar refractivity (Wildman–Crippen MR) is 140 cm³/mol. The summed E-state index contributed by atoms with van der Waals surface area (Å²) in [6.07, 6.45) is 12.2. The lowest BCUT2D eigenvalue weighted by Gasteiger charge is -2.33. The number of piperidine rings is 1. The zero-order chi connectivity index (χ0) is 22.8. The van der Waals surface area contributed by atoms with E-state index in [1.807, 2.05) is 18.5 Å². The topological polar surface area (TPSA) is 34.0 Å². The molecule has 5 heteroatoms. The molecule has 4 heterocycles. The molecule has 4 nitrogen and oxygen atoms in total. The second-order valence-electron chi connectivity index (χ2n) is 9.04. The molecule has 170 valence electrons. The highest BCUT2D eigenvalue weighted by Gasteiger charge is 2.26. The highest BCUT2D eigenvalue weighted by atomic mass is 79.9. The van der Waals surface area contributed by atoms with Crippen LogP contribution in [0.15, 0.2) is 71.1 Å². The van der Waals surface area contributed by atoms with Gasteiger partial charge in [-0.3, -0.25) is 4.98 Å². The summed E-state index contributed by atoms with van der Waals surface area (Å²) in [6, 6.07) is 14.6. The van der Waals surface area contributed by atoms with Crippen LogP contribution in [0.3, 0.4) is 0 Å². The van der Waals surface area contributed by atoms with Gasteiger partial charge in [-0.25, -0.2) is 4.68 Å². The van der Waals surface area contributed by atoms with Gasteiger partial charge in [-0.1, -0.05) is 56.3 Å². The summed E-state index contributed by atoms with van der Waals surface area (Å²) in [6.45, 7) is 6.82. The number of fused-ring (bicyclic) bond motifs is 1. The lowest BCUT2D eigenvalue weighted by molar-refractivity contribution is 0.291. The Hall–Kier alpha value is -2.66. The molecule has 2 aliphatic rings. The Morgan fingerprint density at radius 3 is 2.45 bits per heavy atom. The second kappa shape index (κ2) is 9.68. The molecular formula is C28H31BrN4. The molecule has 0 radical (unpaired) electrons. The van der Waals surface area contributed by atoms with Crippen LogP contribution >= 0.6 is 15.9 Å². The van der Waals surface area contributed by atoms with Gasteiger partial charge >= 0.3 is 0 Å². The molecule has 1 saturated heterocycles. The average molecular weight is 503 g/mol. The molecule has 0 saturated carbocycles. The molecule has 1 unspecified atom stereocenters. The quantitative estimate of drug-likeness (QED) is 0.371. The molecule has 2 aliphatic heterocycles. The number of halogens is 1. The van der Waals surface area contributed by atoms with Crippen LogP contribution < -0.4 is 0 Å². The van der Waals surface area contributed by atoms with Crippen LogP contribution in [0.25, 0.3) is 28.1 Å². The summed E-state index contributed by atoms with van der Waals surface area (Å²) in [5, 5.41) is 4.90. The maximum atomic E-state index is 4.90. The van der Waals surface area contributed by atoms with E-state index in [9.17, 15) is 0 Å². The fraction of sp³-hybridized carbons (Fsp3) is 0.357. The maximum absolute atomic E-state index is 4.90. The Kier molecular flexibility index (Phi) is 6.50. The third-order valence-corrected chi connectivity index (χ3v) is 7.71. The van der Waals surface area contributed by atoms with Crippen LogP contribution in [-0.4, -0.2) is 32.8 Å². The molecule has 0 N–H and O–H groups in total. The number of aromatic nitrogens is 3. The first-order valence-electron chi connectivity index (χ1n) is 12.1. The zero-order valence-corrected chi connectivity index (χ0v) is 21.1. The van der Waals surface area contributed by atoms with Crippen LogP contribution in [0.2, 0.25) is 0 Å².